The van der Waals surface area contributed by atoms with Crippen LogP contribution >= 0.6 is 15.9 Å². The Labute approximate surface area is 115 Å². The molecule has 1 aromatic carbocycles. The Bertz CT molecular complexity index is 570. The first-order valence-corrected chi connectivity index (χ1v) is 6.32. The fraction of sp³-hybridized carbons (Fsp3) is 0.231. The zero-order chi connectivity index (χ0) is 13.0. The summed E-state index contributed by atoms with van der Waals surface area (Å²) in [4.78, 5) is 2.13. The summed E-state index contributed by atoms with van der Waals surface area (Å²) < 4.78 is 2.83. The van der Waals surface area contributed by atoms with Crippen LogP contribution in [0, 0.1) is 11.3 Å². The second kappa shape index (κ2) is 5.80. The van der Waals surface area contributed by atoms with Gasteiger partial charge in [-0.15, -0.1) is 0 Å². The van der Waals surface area contributed by atoms with E-state index < -0.39 is 0 Å². The molecular formula is C13H13BrN4. The molecule has 0 fully saturated rings. The highest BCUT2D eigenvalue weighted by Gasteiger charge is 2.03. The van der Waals surface area contributed by atoms with Crippen molar-refractivity contribution in [3.05, 3.63) is 52.3 Å². The van der Waals surface area contributed by atoms with Crippen molar-refractivity contribution >= 4 is 15.9 Å². The number of nitrogens with zero attached hydrogens (tertiary/aromatic N) is 4. The van der Waals surface area contributed by atoms with Crippen LogP contribution in [0.3, 0.4) is 0 Å². The van der Waals surface area contributed by atoms with Gasteiger partial charge in [-0.1, -0.05) is 12.1 Å². The van der Waals surface area contributed by atoms with Crippen molar-refractivity contribution in [2.24, 2.45) is 0 Å². The number of hydrogen-bond donors (Lipinski definition) is 0. The van der Waals surface area contributed by atoms with Crippen LogP contribution in [-0.2, 0) is 13.2 Å². The van der Waals surface area contributed by atoms with Crippen molar-refractivity contribution < 1.29 is 0 Å². The van der Waals surface area contributed by atoms with Crippen LogP contribution in [0.5, 0.6) is 0 Å². The van der Waals surface area contributed by atoms with E-state index in [1.54, 1.807) is 6.20 Å². The van der Waals surface area contributed by atoms with Crippen molar-refractivity contribution in [1.82, 2.24) is 14.7 Å². The number of rotatable bonds is 4. The Balaban J connectivity index is 1.98. The predicted molar refractivity (Wildman–Crippen MR) is 72.6 cm³/mol. The van der Waals surface area contributed by atoms with Crippen molar-refractivity contribution in [1.29, 1.82) is 5.26 Å². The average molecular weight is 305 g/mol. The van der Waals surface area contributed by atoms with Gasteiger partial charge >= 0.3 is 0 Å². The smallest absolute Gasteiger partial charge is 0.0991 e. The summed E-state index contributed by atoms with van der Waals surface area (Å²) in [5, 5.41) is 13.1. The van der Waals surface area contributed by atoms with Gasteiger partial charge in [-0.05, 0) is 40.7 Å². The quantitative estimate of drug-likeness (QED) is 0.872. The molecule has 1 aromatic heterocycles. The van der Waals surface area contributed by atoms with Gasteiger partial charge < -0.3 is 0 Å². The van der Waals surface area contributed by atoms with Gasteiger partial charge in [-0.3, -0.25) is 9.58 Å². The average Bonchev–Trinajstić information content (AvgIpc) is 2.74. The topological polar surface area (TPSA) is 44.9 Å². The fourth-order valence-electron chi connectivity index (χ4n) is 1.76. The first kappa shape index (κ1) is 12.8. The first-order chi connectivity index (χ1) is 8.67. The number of aromatic nitrogens is 2. The van der Waals surface area contributed by atoms with E-state index >= 15 is 0 Å². The zero-order valence-corrected chi connectivity index (χ0v) is 11.6. The second-order valence-corrected chi connectivity index (χ2v) is 5.08. The summed E-state index contributed by atoms with van der Waals surface area (Å²) in [6.07, 6.45) is 3.70. The van der Waals surface area contributed by atoms with Crippen molar-refractivity contribution in [2.75, 3.05) is 7.05 Å². The lowest BCUT2D eigenvalue weighted by Crippen LogP contribution is -2.21. The number of hydrogen-bond acceptors (Lipinski definition) is 3. The lowest BCUT2D eigenvalue weighted by atomic mass is 10.1. The van der Waals surface area contributed by atoms with Crippen molar-refractivity contribution in [3.63, 3.8) is 0 Å². The van der Waals surface area contributed by atoms with Gasteiger partial charge in [-0.25, -0.2) is 0 Å². The third kappa shape index (κ3) is 3.42. The molecule has 0 aliphatic rings. The summed E-state index contributed by atoms with van der Waals surface area (Å²) >= 11 is 3.37. The van der Waals surface area contributed by atoms with Gasteiger partial charge in [0.2, 0.25) is 0 Å². The Morgan fingerprint density at radius 1 is 1.50 bits per heavy atom. The normalized spacial score (nSPS) is 10.6. The van der Waals surface area contributed by atoms with Gasteiger partial charge in [0.15, 0.2) is 0 Å². The highest BCUT2D eigenvalue weighted by Crippen LogP contribution is 2.09. The maximum absolute atomic E-state index is 8.85. The highest BCUT2D eigenvalue weighted by molar-refractivity contribution is 9.10. The molecule has 0 atom stereocenters. The zero-order valence-electron chi connectivity index (χ0n) is 10.0. The van der Waals surface area contributed by atoms with Crippen LogP contribution in [0.2, 0.25) is 0 Å². The first-order valence-electron chi connectivity index (χ1n) is 5.53. The van der Waals surface area contributed by atoms with E-state index in [9.17, 15) is 0 Å². The minimum absolute atomic E-state index is 0.697. The summed E-state index contributed by atoms with van der Waals surface area (Å²) in [5.41, 5.74) is 1.82. The van der Waals surface area contributed by atoms with Gasteiger partial charge in [0.1, 0.15) is 0 Å². The molecule has 0 spiro atoms. The molecule has 2 rings (SSSR count). The molecule has 0 N–H and O–H groups in total. The van der Waals surface area contributed by atoms with Crippen LogP contribution in [0.4, 0.5) is 0 Å². The molecule has 0 bridgehead atoms. The van der Waals surface area contributed by atoms with Gasteiger partial charge in [-0.2, -0.15) is 10.4 Å². The highest BCUT2D eigenvalue weighted by atomic mass is 79.9. The molecule has 0 aliphatic carbocycles. The van der Waals surface area contributed by atoms with E-state index in [0.717, 1.165) is 16.6 Å². The van der Waals surface area contributed by atoms with Crippen LogP contribution in [0.25, 0.3) is 0 Å². The standard InChI is InChI=1S/C13H13BrN4/c1-17(10-18-9-13(14)7-16-18)8-12-4-2-3-11(5-12)6-15/h2-5,7,9H,8,10H2,1H3. The summed E-state index contributed by atoms with van der Waals surface area (Å²) in [5.74, 6) is 0. The molecule has 0 saturated carbocycles. The van der Waals surface area contributed by atoms with E-state index in [4.69, 9.17) is 5.26 Å². The fourth-order valence-corrected chi connectivity index (χ4v) is 2.09. The van der Waals surface area contributed by atoms with E-state index in [1.807, 2.05) is 42.2 Å². The molecule has 92 valence electrons. The van der Waals surface area contributed by atoms with Gasteiger partial charge in [0.05, 0.1) is 29.0 Å². The molecular weight excluding hydrogens is 292 g/mol. The van der Waals surface area contributed by atoms with Crippen LogP contribution in [0.15, 0.2) is 41.1 Å². The molecule has 18 heavy (non-hydrogen) atoms. The molecule has 4 nitrogen and oxygen atoms in total. The minimum Gasteiger partial charge on any atom is -0.283 e. The number of nitriles is 1. The Hall–Kier alpha value is -1.64. The minimum atomic E-state index is 0.697. The molecule has 2 aromatic rings. The monoisotopic (exact) mass is 304 g/mol. The Morgan fingerprint density at radius 3 is 3.00 bits per heavy atom. The van der Waals surface area contributed by atoms with Crippen LogP contribution in [0.1, 0.15) is 11.1 Å². The molecule has 0 aliphatic heterocycles. The van der Waals surface area contributed by atoms with Gasteiger partial charge in [0, 0.05) is 12.7 Å². The number of benzene rings is 1. The molecule has 0 amide bonds. The molecule has 0 unspecified atom stereocenters. The Morgan fingerprint density at radius 2 is 2.33 bits per heavy atom. The largest absolute Gasteiger partial charge is 0.283 e. The molecule has 5 heteroatoms. The third-order valence-electron chi connectivity index (χ3n) is 2.50. The molecule has 1 heterocycles. The maximum atomic E-state index is 8.85. The lowest BCUT2D eigenvalue weighted by Gasteiger charge is -2.16. The number of halogens is 1. The lowest BCUT2D eigenvalue weighted by molar-refractivity contribution is 0.246. The van der Waals surface area contributed by atoms with Crippen LogP contribution in [-0.4, -0.2) is 21.7 Å². The van der Waals surface area contributed by atoms with Crippen LogP contribution < -0.4 is 0 Å². The SMILES string of the molecule is CN(Cc1cccc(C#N)c1)Cn1cc(Br)cn1. The van der Waals surface area contributed by atoms with Crippen molar-refractivity contribution in [3.8, 4) is 6.07 Å². The summed E-state index contributed by atoms with van der Waals surface area (Å²) in [6, 6.07) is 9.81. The van der Waals surface area contributed by atoms with E-state index in [1.165, 1.54) is 0 Å². The molecule has 0 saturated heterocycles. The predicted octanol–water partition coefficient (Wildman–Crippen LogP) is 2.61. The third-order valence-corrected chi connectivity index (χ3v) is 2.91. The van der Waals surface area contributed by atoms with Crippen molar-refractivity contribution in [2.45, 2.75) is 13.2 Å². The maximum Gasteiger partial charge on any atom is 0.0991 e. The van der Waals surface area contributed by atoms with E-state index in [-0.39, 0.29) is 0 Å². The summed E-state index contributed by atoms with van der Waals surface area (Å²) in [7, 11) is 2.02. The van der Waals surface area contributed by atoms with Gasteiger partial charge in [0.25, 0.3) is 0 Å². The second-order valence-electron chi connectivity index (χ2n) is 4.17. The van der Waals surface area contributed by atoms with E-state index in [2.05, 4.69) is 32.0 Å². The Kier molecular flexibility index (Phi) is 4.13. The van der Waals surface area contributed by atoms with E-state index in [0.29, 0.717) is 12.2 Å². The summed E-state index contributed by atoms with van der Waals surface area (Å²) in [6.45, 7) is 1.50. The molecule has 0 radical (unpaired) electrons.